The molecule has 0 heterocycles. The first kappa shape index (κ1) is 13.0. The number of hydrogen-bond acceptors (Lipinski definition) is 4. The Morgan fingerprint density at radius 1 is 1.11 bits per heavy atom. The van der Waals surface area contributed by atoms with Crippen LogP contribution >= 0.6 is 0 Å². The lowest BCUT2D eigenvalue weighted by Crippen LogP contribution is -2.08. The van der Waals surface area contributed by atoms with E-state index >= 15 is 0 Å². The fourth-order valence-electron chi connectivity index (χ4n) is 1.56. The third kappa shape index (κ3) is 3.25. The van der Waals surface area contributed by atoms with Gasteiger partial charge in [-0.25, -0.2) is 4.79 Å². The molecule has 0 aromatic heterocycles. The van der Waals surface area contributed by atoms with Crippen molar-refractivity contribution in [2.45, 2.75) is 13.8 Å². The molecular formula is C15H13NO3. The van der Waals surface area contributed by atoms with E-state index in [4.69, 9.17) is 4.84 Å². The number of hydrogen-bond donors (Lipinski definition) is 0. The maximum atomic E-state index is 11.7. The van der Waals surface area contributed by atoms with Gasteiger partial charge in [-0.3, -0.25) is 4.79 Å². The molecule has 1 aromatic carbocycles. The van der Waals surface area contributed by atoms with E-state index in [2.05, 4.69) is 5.16 Å². The van der Waals surface area contributed by atoms with Crippen LogP contribution in [0.2, 0.25) is 0 Å². The molecule has 0 fully saturated rings. The molecule has 0 saturated heterocycles. The van der Waals surface area contributed by atoms with Gasteiger partial charge in [-0.1, -0.05) is 22.9 Å². The molecule has 1 aromatic rings. The Balaban J connectivity index is 2.08. The van der Waals surface area contributed by atoms with Crippen molar-refractivity contribution >= 4 is 17.5 Å². The average molecular weight is 255 g/mol. The first-order chi connectivity index (χ1) is 9.06. The Morgan fingerprint density at radius 3 is 2.42 bits per heavy atom. The number of carbonyl (C=O) groups excluding carboxylic acids is 2. The third-order valence-corrected chi connectivity index (χ3v) is 2.68. The predicted octanol–water partition coefficient (Wildman–Crippen LogP) is 2.59. The van der Waals surface area contributed by atoms with Gasteiger partial charge in [0, 0.05) is 0 Å². The van der Waals surface area contributed by atoms with Crippen LogP contribution in [0.4, 0.5) is 0 Å². The Bertz CT molecular complexity index is 607. The number of benzene rings is 1. The standard InChI is InChI=1S/C15H13NO3/c1-10-3-5-12(6-4-10)15(18)19-16-14-8-7-13(17)9-11(14)2/h3-9H,1-2H3/b16-14+. The van der Waals surface area contributed by atoms with Crippen LogP contribution in [-0.2, 0) is 9.63 Å². The fourth-order valence-corrected chi connectivity index (χ4v) is 1.56. The first-order valence-corrected chi connectivity index (χ1v) is 5.83. The number of ketones is 1. The van der Waals surface area contributed by atoms with Crippen molar-refractivity contribution in [3.63, 3.8) is 0 Å². The summed E-state index contributed by atoms with van der Waals surface area (Å²) in [6.07, 6.45) is 4.35. The molecule has 2 rings (SSSR count). The molecule has 0 aliphatic heterocycles. The summed E-state index contributed by atoms with van der Waals surface area (Å²) < 4.78 is 0. The molecule has 96 valence electrons. The lowest BCUT2D eigenvalue weighted by atomic mass is 10.1. The molecule has 0 unspecified atom stereocenters. The van der Waals surface area contributed by atoms with E-state index in [1.54, 1.807) is 19.1 Å². The Labute approximate surface area is 111 Å². The van der Waals surface area contributed by atoms with E-state index in [9.17, 15) is 9.59 Å². The van der Waals surface area contributed by atoms with Crippen molar-refractivity contribution in [2.24, 2.45) is 5.16 Å². The van der Waals surface area contributed by atoms with E-state index in [0.29, 0.717) is 16.8 Å². The topological polar surface area (TPSA) is 55.7 Å². The summed E-state index contributed by atoms with van der Waals surface area (Å²) in [6, 6.07) is 7.02. The summed E-state index contributed by atoms with van der Waals surface area (Å²) in [5.74, 6) is -0.619. The monoisotopic (exact) mass is 255 g/mol. The molecule has 1 aliphatic rings. The van der Waals surface area contributed by atoms with Crippen LogP contribution in [-0.4, -0.2) is 17.5 Å². The number of oxime groups is 1. The van der Waals surface area contributed by atoms with Crippen LogP contribution in [0.1, 0.15) is 22.8 Å². The zero-order chi connectivity index (χ0) is 13.8. The van der Waals surface area contributed by atoms with Crippen LogP contribution in [0, 0.1) is 6.92 Å². The van der Waals surface area contributed by atoms with E-state index < -0.39 is 5.97 Å². The summed E-state index contributed by atoms with van der Waals surface area (Å²) in [5.41, 5.74) is 2.65. The van der Waals surface area contributed by atoms with E-state index in [1.807, 2.05) is 19.1 Å². The molecule has 19 heavy (non-hydrogen) atoms. The van der Waals surface area contributed by atoms with Gasteiger partial charge in [-0.15, -0.1) is 0 Å². The van der Waals surface area contributed by atoms with E-state index in [1.165, 1.54) is 18.2 Å². The molecule has 0 bridgehead atoms. The Morgan fingerprint density at radius 2 is 1.79 bits per heavy atom. The largest absolute Gasteiger partial charge is 0.365 e. The maximum absolute atomic E-state index is 11.7. The van der Waals surface area contributed by atoms with Crippen molar-refractivity contribution < 1.29 is 14.4 Å². The molecule has 1 aliphatic carbocycles. The second-order valence-electron chi connectivity index (χ2n) is 4.28. The number of carbonyl (C=O) groups is 2. The van der Waals surface area contributed by atoms with Crippen molar-refractivity contribution in [2.75, 3.05) is 0 Å². The summed E-state index contributed by atoms with van der Waals surface area (Å²) in [6.45, 7) is 3.67. The molecule has 0 radical (unpaired) electrons. The van der Waals surface area contributed by atoms with Gasteiger partial charge in [0.1, 0.15) is 5.71 Å². The van der Waals surface area contributed by atoms with E-state index in [0.717, 1.165) is 5.56 Å². The lowest BCUT2D eigenvalue weighted by Gasteiger charge is -2.05. The van der Waals surface area contributed by atoms with Gasteiger partial charge >= 0.3 is 5.97 Å². The summed E-state index contributed by atoms with van der Waals surface area (Å²) >= 11 is 0. The minimum absolute atomic E-state index is 0.0960. The van der Waals surface area contributed by atoms with Crippen molar-refractivity contribution in [1.29, 1.82) is 0 Å². The maximum Gasteiger partial charge on any atom is 0.365 e. The minimum atomic E-state index is -0.523. The molecule has 4 nitrogen and oxygen atoms in total. The highest BCUT2D eigenvalue weighted by molar-refractivity contribution is 6.19. The number of allylic oxidation sites excluding steroid dienone is 4. The third-order valence-electron chi connectivity index (χ3n) is 2.68. The van der Waals surface area contributed by atoms with Gasteiger partial charge in [-0.05, 0) is 49.8 Å². The van der Waals surface area contributed by atoms with Gasteiger partial charge < -0.3 is 4.84 Å². The zero-order valence-corrected chi connectivity index (χ0v) is 10.7. The molecule has 0 N–H and O–H groups in total. The fraction of sp³-hybridized carbons (Fsp3) is 0.133. The van der Waals surface area contributed by atoms with Crippen LogP contribution in [0.15, 0.2) is 53.2 Å². The molecule has 4 heteroatoms. The van der Waals surface area contributed by atoms with Gasteiger partial charge in [0.05, 0.1) is 5.56 Å². The number of aryl methyl sites for hydroxylation is 1. The van der Waals surface area contributed by atoms with Crippen molar-refractivity contribution in [3.05, 3.63) is 59.2 Å². The summed E-state index contributed by atoms with van der Waals surface area (Å²) in [7, 11) is 0. The highest BCUT2D eigenvalue weighted by Crippen LogP contribution is 2.09. The lowest BCUT2D eigenvalue weighted by molar-refractivity contribution is -0.110. The van der Waals surface area contributed by atoms with Crippen LogP contribution in [0.25, 0.3) is 0 Å². The second kappa shape index (κ2) is 5.44. The predicted molar refractivity (Wildman–Crippen MR) is 71.9 cm³/mol. The summed E-state index contributed by atoms with van der Waals surface area (Å²) in [4.78, 5) is 27.7. The molecular weight excluding hydrogens is 242 g/mol. The summed E-state index contributed by atoms with van der Waals surface area (Å²) in [5, 5.41) is 3.76. The molecule has 0 saturated carbocycles. The van der Waals surface area contributed by atoms with Crippen molar-refractivity contribution in [1.82, 2.24) is 0 Å². The molecule has 0 atom stereocenters. The van der Waals surface area contributed by atoms with Crippen LogP contribution in [0.3, 0.4) is 0 Å². The van der Waals surface area contributed by atoms with Crippen LogP contribution in [0.5, 0.6) is 0 Å². The van der Waals surface area contributed by atoms with Gasteiger partial charge in [0.15, 0.2) is 5.78 Å². The highest BCUT2D eigenvalue weighted by atomic mass is 16.7. The van der Waals surface area contributed by atoms with Crippen molar-refractivity contribution in [3.8, 4) is 0 Å². The SMILES string of the molecule is CC1=CC(=O)C=C/C1=N\OC(=O)c1ccc(C)cc1. The molecule has 0 amide bonds. The van der Waals surface area contributed by atoms with Crippen LogP contribution < -0.4 is 0 Å². The van der Waals surface area contributed by atoms with Gasteiger partial charge in [0.25, 0.3) is 0 Å². The Kier molecular flexibility index (Phi) is 3.71. The van der Waals surface area contributed by atoms with Gasteiger partial charge in [0.2, 0.25) is 0 Å². The number of nitrogens with zero attached hydrogens (tertiary/aromatic N) is 1. The smallest absolute Gasteiger partial charge is 0.312 e. The quantitative estimate of drug-likeness (QED) is 0.463. The van der Waals surface area contributed by atoms with Gasteiger partial charge in [-0.2, -0.15) is 0 Å². The normalized spacial score (nSPS) is 16.4. The first-order valence-electron chi connectivity index (χ1n) is 5.83. The highest BCUT2D eigenvalue weighted by Gasteiger charge is 2.10. The Hall–Kier alpha value is -2.49. The minimum Gasteiger partial charge on any atom is -0.312 e. The molecule has 0 spiro atoms. The zero-order valence-electron chi connectivity index (χ0n) is 10.7. The average Bonchev–Trinajstić information content (AvgIpc) is 2.38. The second-order valence-corrected chi connectivity index (χ2v) is 4.28. The van der Waals surface area contributed by atoms with E-state index in [-0.39, 0.29) is 5.78 Å². The number of rotatable bonds is 2.